The molecule has 0 spiro atoms. The minimum Gasteiger partial charge on any atom is -0.326 e. The lowest BCUT2D eigenvalue weighted by atomic mass is 9.82. The summed E-state index contributed by atoms with van der Waals surface area (Å²) in [5.74, 6) is 0.106. The molecule has 2 aromatic rings. The maximum atomic E-state index is 12.6. The van der Waals surface area contributed by atoms with Crippen molar-refractivity contribution in [3.8, 4) is 0 Å². The number of para-hydroxylation sites is 1. The first-order valence-corrected chi connectivity index (χ1v) is 6.68. The fraction of sp³-hybridized carbons (Fsp3) is 0.0556. The van der Waals surface area contributed by atoms with Gasteiger partial charge in [-0.15, -0.1) is 0 Å². The average Bonchev–Trinajstić information content (AvgIpc) is 2.87. The molecule has 4 rings (SSSR count). The van der Waals surface area contributed by atoms with E-state index >= 15 is 0 Å². The highest BCUT2D eigenvalue weighted by Gasteiger charge is 2.47. The molecule has 20 heavy (non-hydrogen) atoms. The van der Waals surface area contributed by atoms with Gasteiger partial charge in [0.25, 0.3) is 0 Å². The molecule has 0 radical (unpaired) electrons. The number of carbonyl (C=O) groups is 1. The smallest absolute Gasteiger partial charge is 0.191 e. The molecule has 2 heteroatoms. The molecule has 2 aromatic carbocycles. The Hall–Kier alpha value is -2.61. The van der Waals surface area contributed by atoms with Crippen molar-refractivity contribution in [1.82, 2.24) is 0 Å². The van der Waals surface area contributed by atoms with Gasteiger partial charge in [-0.1, -0.05) is 54.6 Å². The lowest BCUT2D eigenvalue weighted by Crippen LogP contribution is -2.45. The van der Waals surface area contributed by atoms with Crippen molar-refractivity contribution >= 4 is 17.5 Å². The molecule has 0 fully saturated rings. The van der Waals surface area contributed by atoms with E-state index in [4.69, 9.17) is 0 Å². The van der Waals surface area contributed by atoms with E-state index in [1.807, 2.05) is 60.8 Å². The van der Waals surface area contributed by atoms with Crippen molar-refractivity contribution in [3.05, 3.63) is 84.1 Å². The Labute approximate surface area is 117 Å². The molecule has 0 N–H and O–H groups in total. The quantitative estimate of drug-likeness (QED) is 0.781. The highest BCUT2D eigenvalue weighted by atomic mass is 16.1. The van der Waals surface area contributed by atoms with E-state index in [0.717, 1.165) is 16.8 Å². The summed E-state index contributed by atoms with van der Waals surface area (Å²) in [6, 6.07) is 18.1. The minimum atomic E-state index is -0.713. The Morgan fingerprint density at radius 2 is 1.60 bits per heavy atom. The van der Waals surface area contributed by atoms with Gasteiger partial charge in [-0.3, -0.25) is 4.79 Å². The van der Waals surface area contributed by atoms with Crippen LogP contribution in [0, 0.1) is 0 Å². The Bertz CT molecular complexity index is 745. The second-order valence-corrected chi connectivity index (χ2v) is 5.07. The zero-order valence-corrected chi connectivity index (χ0v) is 10.9. The summed E-state index contributed by atoms with van der Waals surface area (Å²) in [7, 11) is 0. The molecule has 0 saturated carbocycles. The SMILES string of the molecule is O=C1C=CN2c3ccccc3C=CC12c1ccccc1. The summed E-state index contributed by atoms with van der Waals surface area (Å²) >= 11 is 0. The summed E-state index contributed by atoms with van der Waals surface area (Å²) in [5, 5.41) is 0. The van der Waals surface area contributed by atoms with Gasteiger partial charge in [0.2, 0.25) is 0 Å². The van der Waals surface area contributed by atoms with Gasteiger partial charge in [-0.25, -0.2) is 0 Å². The van der Waals surface area contributed by atoms with Crippen LogP contribution < -0.4 is 4.90 Å². The van der Waals surface area contributed by atoms with Crippen molar-refractivity contribution in [2.75, 3.05) is 4.90 Å². The summed E-state index contributed by atoms with van der Waals surface area (Å²) in [6.45, 7) is 0. The molecule has 1 unspecified atom stereocenters. The van der Waals surface area contributed by atoms with Crippen LogP contribution in [0.2, 0.25) is 0 Å². The maximum absolute atomic E-state index is 12.6. The molecule has 0 aliphatic carbocycles. The van der Waals surface area contributed by atoms with Crippen LogP contribution in [0.4, 0.5) is 5.69 Å². The van der Waals surface area contributed by atoms with Crippen molar-refractivity contribution in [3.63, 3.8) is 0 Å². The third-order valence-electron chi connectivity index (χ3n) is 4.04. The molecule has 0 amide bonds. The molecule has 2 nitrogen and oxygen atoms in total. The number of fused-ring (bicyclic) bond motifs is 3. The van der Waals surface area contributed by atoms with Crippen LogP contribution in [-0.4, -0.2) is 5.78 Å². The topological polar surface area (TPSA) is 20.3 Å². The highest BCUT2D eigenvalue weighted by Crippen LogP contribution is 2.44. The number of hydrogen-bond acceptors (Lipinski definition) is 2. The standard InChI is InChI=1S/C18H13NO/c20-17-11-13-19-16-9-5-4-6-14(16)10-12-18(17,19)15-7-2-1-3-8-15/h1-13H. The lowest BCUT2D eigenvalue weighted by molar-refractivity contribution is -0.117. The zero-order chi connectivity index (χ0) is 13.6. The van der Waals surface area contributed by atoms with Crippen LogP contribution in [0.15, 0.2) is 72.9 Å². The van der Waals surface area contributed by atoms with Crippen LogP contribution in [0.3, 0.4) is 0 Å². The number of rotatable bonds is 1. The number of carbonyl (C=O) groups excluding carboxylic acids is 1. The van der Waals surface area contributed by atoms with Crippen LogP contribution in [0.1, 0.15) is 11.1 Å². The van der Waals surface area contributed by atoms with Gasteiger partial charge in [0.15, 0.2) is 11.3 Å². The van der Waals surface area contributed by atoms with Gasteiger partial charge < -0.3 is 4.90 Å². The van der Waals surface area contributed by atoms with Crippen molar-refractivity contribution < 1.29 is 4.79 Å². The molecule has 96 valence electrons. The molecular formula is C18H13NO. The first-order chi connectivity index (χ1) is 9.82. The third-order valence-corrected chi connectivity index (χ3v) is 4.04. The van der Waals surface area contributed by atoms with Gasteiger partial charge >= 0.3 is 0 Å². The largest absolute Gasteiger partial charge is 0.326 e. The molecule has 0 aromatic heterocycles. The summed E-state index contributed by atoms with van der Waals surface area (Å²) in [5.41, 5.74) is 2.50. The average molecular weight is 259 g/mol. The van der Waals surface area contributed by atoms with Gasteiger partial charge in [0, 0.05) is 18.0 Å². The van der Waals surface area contributed by atoms with E-state index in [1.54, 1.807) is 6.08 Å². The number of nitrogens with zero attached hydrogens (tertiary/aromatic N) is 1. The fourth-order valence-electron chi connectivity index (χ4n) is 3.07. The molecule has 2 aliphatic rings. The summed E-state index contributed by atoms with van der Waals surface area (Å²) in [6.07, 6.45) is 7.60. The van der Waals surface area contributed by atoms with E-state index in [0.29, 0.717) is 0 Å². The monoisotopic (exact) mass is 259 g/mol. The molecule has 1 atom stereocenters. The predicted molar refractivity (Wildman–Crippen MR) is 80.2 cm³/mol. The second-order valence-electron chi connectivity index (χ2n) is 5.07. The van der Waals surface area contributed by atoms with Crippen molar-refractivity contribution in [1.29, 1.82) is 0 Å². The molecule has 2 aliphatic heterocycles. The van der Waals surface area contributed by atoms with E-state index in [-0.39, 0.29) is 5.78 Å². The summed E-state index contributed by atoms with van der Waals surface area (Å²) in [4.78, 5) is 14.6. The van der Waals surface area contributed by atoms with Crippen LogP contribution in [0.5, 0.6) is 0 Å². The van der Waals surface area contributed by atoms with Gasteiger partial charge in [0.05, 0.1) is 0 Å². The fourth-order valence-corrected chi connectivity index (χ4v) is 3.07. The Morgan fingerprint density at radius 1 is 0.850 bits per heavy atom. The van der Waals surface area contributed by atoms with E-state index < -0.39 is 5.54 Å². The first-order valence-electron chi connectivity index (χ1n) is 6.68. The van der Waals surface area contributed by atoms with Crippen molar-refractivity contribution in [2.24, 2.45) is 0 Å². The number of ketones is 1. The van der Waals surface area contributed by atoms with Crippen LogP contribution >= 0.6 is 0 Å². The molecular weight excluding hydrogens is 246 g/mol. The highest BCUT2D eigenvalue weighted by molar-refractivity contribution is 6.08. The van der Waals surface area contributed by atoms with E-state index in [1.165, 1.54) is 0 Å². The van der Waals surface area contributed by atoms with Crippen LogP contribution in [-0.2, 0) is 10.3 Å². The Balaban J connectivity index is 1.98. The molecule has 0 saturated heterocycles. The van der Waals surface area contributed by atoms with Gasteiger partial charge in [0.1, 0.15) is 0 Å². The molecule has 2 heterocycles. The maximum Gasteiger partial charge on any atom is 0.191 e. The van der Waals surface area contributed by atoms with E-state index in [9.17, 15) is 4.79 Å². The Kier molecular flexibility index (Phi) is 2.21. The third kappa shape index (κ3) is 1.31. The first kappa shape index (κ1) is 11.2. The molecule has 0 bridgehead atoms. The minimum absolute atomic E-state index is 0.106. The van der Waals surface area contributed by atoms with Gasteiger partial charge in [-0.2, -0.15) is 0 Å². The van der Waals surface area contributed by atoms with Gasteiger partial charge in [-0.05, 0) is 23.3 Å². The number of anilines is 1. The lowest BCUT2D eigenvalue weighted by Gasteiger charge is -2.39. The number of benzene rings is 2. The van der Waals surface area contributed by atoms with Crippen LogP contribution in [0.25, 0.3) is 6.08 Å². The number of hydrogen-bond donors (Lipinski definition) is 0. The second kappa shape index (κ2) is 3.94. The summed E-state index contributed by atoms with van der Waals surface area (Å²) < 4.78 is 0. The Morgan fingerprint density at radius 3 is 2.45 bits per heavy atom. The van der Waals surface area contributed by atoms with E-state index in [2.05, 4.69) is 17.0 Å². The zero-order valence-electron chi connectivity index (χ0n) is 10.9. The normalized spacial score (nSPS) is 22.8. The van der Waals surface area contributed by atoms with Crippen molar-refractivity contribution in [2.45, 2.75) is 5.54 Å². The predicted octanol–water partition coefficient (Wildman–Crippen LogP) is 3.51.